The number of nitrogens with one attached hydrogen (secondary N) is 1. The number of aromatic amines is 1. The normalized spacial score (nSPS) is 25.5. The third-order valence-electron chi connectivity index (χ3n) is 7.97. The number of anilines is 1. The minimum Gasteiger partial charge on any atom is -0.392 e. The van der Waals surface area contributed by atoms with Crippen LogP contribution in [0.15, 0.2) is 71.2 Å². The molecule has 0 radical (unpaired) electrons. The van der Waals surface area contributed by atoms with Gasteiger partial charge in [-0.25, -0.2) is 4.68 Å². The van der Waals surface area contributed by atoms with Gasteiger partial charge in [-0.1, -0.05) is 69.7 Å². The molecule has 202 valence electrons. The van der Waals surface area contributed by atoms with Gasteiger partial charge in [0.25, 0.3) is 5.56 Å². The maximum absolute atomic E-state index is 14.0. The van der Waals surface area contributed by atoms with E-state index in [1.54, 1.807) is 24.3 Å². The van der Waals surface area contributed by atoms with Crippen molar-refractivity contribution in [2.45, 2.75) is 63.3 Å². The molecule has 2 aliphatic rings. The van der Waals surface area contributed by atoms with Crippen molar-refractivity contribution in [1.82, 2.24) is 9.78 Å². The molecule has 2 atom stereocenters. The number of para-hydroxylation sites is 2. The molecule has 1 aromatic heterocycles. The smallest absolute Gasteiger partial charge is 0.392 e. The summed E-state index contributed by atoms with van der Waals surface area (Å²) in [6, 6.07) is 15.9. The summed E-state index contributed by atoms with van der Waals surface area (Å²) in [7, 11) is 0. The lowest BCUT2D eigenvalue weighted by atomic mass is 9.64. The number of fused-ring (bicyclic) bond motifs is 1. The summed E-state index contributed by atoms with van der Waals surface area (Å²) in [5.74, 6) is -2.20. The van der Waals surface area contributed by atoms with Crippen molar-refractivity contribution in [3.05, 3.63) is 93.5 Å². The van der Waals surface area contributed by atoms with E-state index in [2.05, 4.69) is 30.8 Å². The molecule has 1 aliphatic carbocycles. The Hall–Kier alpha value is -3.30. The molecule has 3 N–H and O–H groups in total. The summed E-state index contributed by atoms with van der Waals surface area (Å²) >= 11 is 0. The Balaban J connectivity index is 1.53. The zero-order valence-corrected chi connectivity index (χ0v) is 21.5. The van der Waals surface area contributed by atoms with Gasteiger partial charge in [-0.15, -0.1) is 0 Å². The van der Waals surface area contributed by atoms with E-state index in [4.69, 9.17) is 0 Å². The zero-order chi connectivity index (χ0) is 27.4. The van der Waals surface area contributed by atoms with Crippen molar-refractivity contribution in [3.8, 4) is 5.69 Å². The second-order valence-corrected chi connectivity index (χ2v) is 10.7. The molecule has 1 aliphatic heterocycles. The highest BCUT2D eigenvalue weighted by atomic mass is 19.4. The van der Waals surface area contributed by atoms with Crippen LogP contribution in [0.25, 0.3) is 5.69 Å². The van der Waals surface area contributed by atoms with Crippen LogP contribution in [-0.4, -0.2) is 38.7 Å². The Morgan fingerprint density at radius 2 is 1.66 bits per heavy atom. The number of H-pyrrole nitrogens is 1. The fourth-order valence-corrected chi connectivity index (χ4v) is 5.89. The van der Waals surface area contributed by atoms with E-state index < -0.39 is 52.5 Å². The Kier molecular flexibility index (Phi) is 6.55. The molecule has 0 spiro atoms. The third kappa shape index (κ3) is 4.08. The first-order valence-corrected chi connectivity index (χ1v) is 12.9. The number of aliphatic hydroxyl groups is 2. The summed E-state index contributed by atoms with van der Waals surface area (Å²) in [6.07, 6.45) is -3.90. The average molecular weight is 528 g/mol. The molecule has 0 bridgehead atoms. The van der Waals surface area contributed by atoms with Crippen LogP contribution < -0.4 is 10.5 Å². The molecule has 2 unspecified atom stereocenters. The third-order valence-corrected chi connectivity index (χ3v) is 7.97. The van der Waals surface area contributed by atoms with E-state index >= 15 is 0 Å². The molecule has 2 heterocycles. The van der Waals surface area contributed by atoms with Crippen molar-refractivity contribution in [2.24, 2.45) is 5.92 Å². The van der Waals surface area contributed by atoms with Gasteiger partial charge >= 0.3 is 6.18 Å². The van der Waals surface area contributed by atoms with E-state index in [9.17, 15) is 28.2 Å². The minimum absolute atomic E-state index is 0.230. The number of unbranched alkanes of at least 4 members (excludes halogenated alkanes) is 1. The molecular formula is C29H32F3N3O3. The van der Waals surface area contributed by atoms with Crippen molar-refractivity contribution in [1.29, 1.82) is 0 Å². The Morgan fingerprint density at radius 1 is 1.03 bits per heavy atom. The summed E-state index contributed by atoms with van der Waals surface area (Å²) in [6.45, 7) is 6.96. The summed E-state index contributed by atoms with van der Waals surface area (Å²) in [5.41, 5.74) is 0.0158. The Morgan fingerprint density at radius 3 is 2.29 bits per heavy atom. The standard InChI is InChI=1S/C29H32F3N3O3/c1-4-5-15-34-20-14-10-9-13-19(20)28(2,3)21(34)16-18-24(36)22(25(18)37)23-26(29(30,31)32)33-35(27(23)38)17-11-7-6-8-12-17/h6-14,16,18,22,24-25,33,36-37H,4-5,15H2,1-3H3. The number of hydrogen-bond acceptors (Lipinski definition) is 4. The first kappa shape index (κ1) is 26.3. The Labute approximate surface area is 219 Å². The predicted molar refractivity (Wildman–Crippen MR) is 139 cm³/mol. The van der Waals surface area contributed by atoms with Gasteiger partial charge in [0.05, 0.1) is 23.5 Å². The lowest BCUT2D eigenvalue weighted by molar-refractivity contribution is -0.145. The first-order valence-electron chi connectivity index (χ1n) is 12.9. The maximum Gasteiger partial charge on any atom is 0.433 e. The highest BCUT2D eigenvalue weighted by Gasteiger charge is 2.55. The Bertz CT molecular complexity index is 1400. The van der Waals surface area contributed by atoms with Crippen LogP contribution in [0.1, 0.15) is 56.4 Å². The second-order valence-electron chi connectivity index (χ2n) is 10.7. The predicted octanol–water partition coefficient (Wildman–Crippen LogP) is 5.10. The molecule has 0 amide bonds. The maximum atomic E-state index is 14.0. The van der Waals surface area contributed by atoms with Crippen molar-refractivity contribution in [3.63, 3.8) is 0 Å². The topological polar surface area (TPSA) is 81.5 Å². The van der Waals surface area contributed by atoms with Crippen molar-refractivity contribution >= 4 is 5.69 Å². The number of halogens is 3. The van der Waals surface area contributed by atoms with Gasteiger partial charge in [-0.3, -0.25) is 9.89 Å². The average Bonchev–Trinajstić information content (AvgIpc) is 3.33. The van der Waals surface area contributed by atoms with E-state index in [0.717, 1.165) is 41.0 Å². The first-order chi connectivity index (χ1) is 18.0. The highest BCUT2D eigenvalue weighted by Crippen LogP contribution is 2.51. The number of nitrogens with zero attached hydrogens (tertiary/aromatic N) is 2. The molecule has 5 rings (SSSR count). The number of hydrogen-bond donors (Lipinski definition) is 3. The molecule has 1 fully saturated rings. The minimum atomic E-state index is -4.87. The lowest BCUT2D eigenvalue weighted by Gasteiger charge is -2.46. The largest absolute Gasteiger partial charge is 0.433 e. The quantitative estimate of drug-likeness (QED) is 0.417. The fraction of sp³-hybridized carbons (Fsp3) is 0.414. The van der Waals surface area contributed by atoms with Crippen LogP contribution >= 0.6 is 0 Å². The van der Waals surface area contributed by atoms with Crippen molar-refractivity contribution in [2.75, 3.05) is 11.4 Å². The molecule has 0 saturated heterocycles. The van der Waals surface area contributed by atoms with E-state index in [1.165, 1.54) is 12.1 Å². The van der Waals surface area contributed by atoms with E-state index in [-0.39, 0.29) is 5.69 Å². The van der Waals surface area contributed by atoms with Gasteiger partial charge in [-0.05, 0) is 30.2 Å². The van der Waals surface area contributed by atoms with Crippen molar-refractivity contribution < 1.29 is 23.4 Å². The van der Waals surface area contributed by atoms with Gasteiger partial charge in [0, 0.05) is 35.2 Å². The van der Waals surface area contributed by atoms with Crippen LogP contribution in [0.5, 0.6) is 0 Å². The molecule has 6 nitrogen and oxygen atoms in total. The molecule has 9 heteroatoms. The number of alkyl halides is 3. The van der Waals surface area contributed by atoms with Gasteiger partial charge < -0.3 is 15.1 Å². The van der Waals surface area contributed by atoms with Crippen LogP contribution in [-0.2, 0) is 11.6 Å². The fourth-order valence-electron chi connectivity index (χ4n) is 5.89. The molecule has 38 heavy (non-hydrogen) atoms. The van der Waals surface area contributed by atoms with Gasteiger partial charge in [0.1, 0.15) is 5.69 Å². The molecule has 1 saturated carbocycles. The van der Waals surface area contributed by atoms with E-state index in [1.807, 2.05) is 24.3 Å². The number of rotatable bonds is 6. The van der Waals surface area contributed by atoms with Crippen LogP contribution in [0.3, 0.4) is 0 Å². The SMILES string of the molecule is CCCCN1C(=CC2C(O)C(c3c(C(F)(F)F)[nH]n(-c4ccccc4)c3=O)C2O)C(C)(C)c2ccccc21. The van der Waals surface area contributed by atoms with Gasteiger partial charge in [-0.2, -0.15) is 13.2 Å². The lowest BCUT2D eigenvalue weighted by Crippen LogP contribution is -2.55. The highest BCUT2D eigenvalue weighted by molar-refractivity contribution is 5.70. The van der Waals surface area contributed by atoms with Gasteiger partial charge in [0.2, 0.25) is 0 Å². The van der Waals surface area contributed by atoms with Crippen LogP contribution in [0.4, 0.5) is 18.9 Å². The molecule has 2 aromatic carbocycles. The number of aliphatic hydroxyl groups excluding tert-OH is 2. The summed E-state index contributed by atoms with van der Waals surface area (Å²) in [5, 5.41) is 24.5. The van der Waals surface area contributed by atoms with Crippen LogP contribution in [0.2, 0.25) is 0 Å². The number of aromatic nitrogens is 2. The monoisotopic (exact) mass is 527 g/mol. The van der Waals surface area contributed by atoms with Crippen LogP contribution in [0, 0.1) is 5.92 Å². The summed E-state index contributed by atoms with van der Waals surface area (Å²) < 4.78 is 42.9. The van der Waals surface area contributed by atoms with E-state index in [0.29, 0.717) is 0 Å². The number of allylic oxidation sites excluding steroid dienone is 1. The second kappa shape index (κ2) is 9.47. The number of benzene rings is 2. The van der Waals surface area contributed by atoms with Gasteiger partial charge in [0.15, 0.2) is 0 Å². The zero-order valence-electron chi connectivity index (χ0n) is 21.5. The molecular weight excluding hydrogens is 495 g/mol. The summed E-state index contributed by atoms with van der Waals surface area (Å²) in [4.78, 5) is 15.4. The molecule has 3 aromatic rings.